The molecule has 1 heterocycles. The van der Waals surface area contributed by atoms with Crippen LogP contribution in [0.25, 0.3) is 0 Å². The molecule has 0 amide bonds. The van der Waals surface area contributed by atoms with Crippen molar-refractivity contribution in [2.24, 2.45) is 11.1 Å². The molecule has 1 aromatic heterocycles. The number of Topliss-reactive ketones (excluding diaryl/α,β-unsaturated/α-hetero) is 1. The smallest absolute Gasteiger partial charge is 0.196 e. The zero-order valence-electron chi connectivity index (χ0n) is 9.76. The fourth-order valence-corrected chi connectivity index (χ4v) is 2.44. The van der Waals surface area contributed by atoms with Crippen molar-refractivity contribution in [2.45, 2.75) is 34.1 Å². The molecule has 0 atom stereocenters. The summed E-state index contributed by atoms with van der Waals surface area (Å²) in [6, 6.07) is 0. The van der Waals surface area contributed by atoms with Crippen molar-refractivity contribution in [1.29, 1.82) is 0 Å². The molecule has 0 aliphatic rings. The Morgan fingerprint density at radius 2 is 2.07 bits per heavy atom. The van der Waals surface area contributed by atoms with Crippen LogP contribution >= 0.6 is 11.3 Å². The van der Waals surface area contributed by atoms with E-state index in [0.717, 1.165) is 17.0 Å². The van der Waals surface area contributed by atoms with Crippen LogP contribution in [0.3, 0.4) is 0 Å². The number of hydrogen-bond donors (Lipinski definition) is 1. The normalized spacial score (nSPS) is 11.8. The van der Waals surface area contributed by atoms with E-state index in [1.807, 2.05) is 27.7 Å². The van der Waals surface area contributed by atoms with Crippen LogP contribution in [0, 0.1) is 12.3 Å². The van der Waals surface area contributed by atoms with Crippen molar-refractivity contribution >= 4 is 17.1 Å². The van der Waals surface area contributed by atoms with Crippen LogP contribution in [0.2, 0.25) is 0 Å². The van der Waals surface area contributed by atoms with Gasteiger partial charge in [-0.2, -0.15) is 0 Å². The number of hydrogen-bond acceptors (Lipinski definition) is 4. The van der Waals surface area contributed by atoms with Crippen LogP contribution in [0.1, 0.15) is 41.1 Å². The molecule has 0 saturated heterocycles. The van der Waals surface area contributed by atoms with Crippen molar-refractivity contribution in [3.05, 3.63) is 15.6 Å². The van der Waals surface area contributed by atoms with E-state index in [1.165, 1.54) is 11.3 Å². The van der Waals surface area contributed by atoms with Gasteiger partial charge in [0.1, 0.15) is 0 Å². The fourth-order valence-electron chi connectivity index (χ4n) is 1.21. The number of carbonyl (C=O) groups excluding carboxylic acids is 1. The molecule has 3 nitrogen and oxygen atoms in total. The van der Waals surface area contributed by atoms with E-state index < -0.39 is 0 Å². The van der Waals surface area contributed by atoms with Crippen LogP contribution in [0.5, 0.6) is 0 Å². The number of rotatable bonds is 3. The van der Waals surface area contributed by atoms with Crippen molar-refractivity contribution in [1.82, 2.24) is 4.98 Å². The minimum Gasteiger partial charge on any atom is -0.330 e. The Labute approximate surface area is 94.7 Å². The molecular weight excluding hydrogens is 208 g/mol. The van der Waals surface area contributed by atoms with Gasteiger partial charge in [0, 0.05) is 10.3 Å². The van der Waals surface area contributed by atoms with Crippen LogP contribution in [-0.4, -0.2) is 17.3 Å². The quantitative estimate of drug-likeness (QED) is 0.804. The number of thiazole rings is 1. The Morgan fingerprint density at radius 3 is 2.53 bits per heavy atom. The third-order valence-electron chi connectivity index (χ3n) is 2.14. The number of carbonyl (C=O) groups is 1. The van der Waals surface area contributed by atoms with Crippen LogP contribution in [0.4, 0.5) is 0 Å². The topological polar surface area (TPSA) is 56.0 Å². The van der Waals surface area contributed by atoms with Gasteiger partial charge in [0.15, 0.2) is 10.8 Å². The first-order valence-corrected chi connectivity index (χ1v) is 5.89. The Bertz CT molecular complexity index is 363. The van der Waals surface area contributed by atoms with Gasteiger partial charge in [-0.15, -0.1) is 11.3 Å². The molecule has 0 radical (unpaired) electrons. The monoisotopic (exact) mass is 226 g/mol. The lowest BCUT2D eigenvalue weighted by Gasteiger charge is -2.13. The summed E-state index contributed by atoms with van der Waals surface area (Å²) in [5.74, 6) is 0.110. The number of nitrogens with zero attached hydrogens (tertiary/aromatic N) is 1. The molecule has 1 rings (SSSR count). The lowest BCUT2D eigenvalue weighted by atomic mass is 9.91. The molecular formula is C11H18N2OS. The van der Waals surface area contributed by atoms with E-state index in [1.54, 1.807) is 0 Å². The molecule has 0 spiro atoms. The van der Waals surface area contributed by atoms with Gasteiger partial charge in [0.05, 0.1) is 5.69 Å². The van der Waals surface area contributed by atoms with Crippen LogP contribution in [0.15, 0.2) is 0 Å². The average molecular weight is 226 g/mol. The van der Waals surface area contributed by atoms with Crippen molar-refractivity contribution in [2.75, 3.05) is 6.54 Å². The molecule has 0 bridgehead atoms. The molecule has 84 valence electrons. The van der Waals surface area contributed by atoms with Gasteiger partial charge < -0.3 is 5.73 Å². The largest absolute Gasteiger partial charge is 0.330 e. The van der Waals surface area contributed by atoms with E-state index in [0.29, 0.717) is 11.6 Å². The molecule has 15 heavy (non-hydrogen) atoms. The van der Waals surface area contributed by atoms with Crippen LogP contribution in [-0.2, 0) is 6.42 Å². The molecule has 0 fully saturated rings. The summed E-state index contributed by atoms with van der Waals surface area (Å²) in [7, 11) is 0. The second-order valence-electron chi connectivity index (χ2n) is 4.65. The van der Waals surface area contributed by atoms with Gasteiger partial charge in [-0.25, -0.2) is 4.98 Å². The summed E-state index contributed by atoms with van der Waals surface area (Å²) in [5.41, 5.74) is 6.08. The van der Waals surface area contributed by atoms with E-state index in [2.05, 4.69) is 4.98 Å². The SMILES string of the molecule is Cc1nc(C(=O)C(C)(C)C)sc1CCN. The van der Waals surface area contributed by atoms with E-state index in [-0.39, 0.29) is 11.2 Å². The third kappa shape index (κ3) is 2.86. The Hall–Kier alpha value is -0.740. The second kappa shape index (κ2) is 4.41. The van der Waals surface area contributed by atoms with Gasteiger partial charge in [0.25, 0.3) is 0 Å². The summed E-state index contributed by atoms with van der Waals surface area (Å²) in [6.07, 6.45) is 0.806. The molecule has 1 aromatic rings. The van der Waals surface area contributed by atoms with E-state index in [4.69, 9.17) is 5.73 Å². The fraction of sp³-hybridized carbons (Fsp3) is 0.636. The predicted molar refractivity (Wildman–Crippen MR) is 63.4 cm³/mol. The van der Waals surface area contributed by atoms with Crippen LogP contribution < -0.4 is 5.73 Å². The summed E-state index contributed by atoms with van der Waals surface area (Å²) in [4.78, 5) is 17.4. The van der Waals surface area contributed by atoms with Gasteiger partial charge in [-0.1, -0.05) is 20.8 Å². The highest BCUT2D eigenvalue weighted by Crippen LogP contribution is 2.26. The van der Waals surface area contributed by atoms with Gasteiger partial charge in [-0.05, 0) is 19.9 Å². The summed E-state index contributed by atoms with van der Waals surface area (Å²) >= 11 is 1.48. The number of ketones is 1. The van der Waals surface area contributed by atoms with E-state index >= 15 is 0 Å². The highest BCUT2D eigenvalue weighted by molar-refractivity contribution is 7.13. The number of nitrogens with two attached hydrogens (primary N) is 1. The van der Waals surface area contributed by atoms with Gasteiger partial charge in [0.2, 0.25) is 0 Å². The lowest BCUT2D eigenvalue weighted by Crippen LogP contribution is -2.19. The molecule has 0 aliphatic carbocycles. The maximum absolute atomic E-state index is 12.0. The minimum absolute atomic E-state index is 0.110. The molecule has 2 N–H and O–H groups in total. The van der Waals surface area contributed by atoms with Crippen molar-refractivity contribution in [3.63, 3.8) is 0 Å². The van der Waals surface area contributed by atoms with Crippen molar-refractivity contribution < 1.29 is 4.79 Å². The molecule has 0 saturated carbocycles. The Kier molecular flexibility index (Phi) is 3.62. The highest BCUT2D eigenvalue weighted by Gasteiger charge is 2.26. The first-order chi connectivity index (χ1) is 6.86. The first-order valence-electron chi connectivity index (χ1n) is 5.07. The van der Waals surface area contributed by atoms with Gasteiger partial charge >= 0.3 is 0 Å². The number of aryl methyl sites for hydroxylation is 1. The lowest BCUT2D eigenvalue weighted by molar-refractivity contribution is 0.0858. The predicted octanol–water partition coefficient (Wildman–Crippen LogP) is 2.18. The zero-order valence-corrected chi connectivity index (χ0v) is 10.6. The summed E-state index contributed by atoms with van der Waals surface area (Å²) < 4.78 is 0. The average Bonchev–Trinajstić information content (AvgIpc) is 2.46. The standard InChI is InChI=1S/C11H18N2OS/c1-7-8(5-6-12)15-10(13-7)9(14)11(2,3)4/h5-6,12H2,1-4H3. The van der Waals surface area contributed by atoms with Gasteiger partial charge in [-0.3, -0.25) is 4.79 Å². The van der Waals surface area contributed by atoms with Crippen molar-refractivity contribution in [3.8, 4) is 0 Å². The molecule has 0 aliphatic heterocycles. The zero-order chi connectivity index (χ0) is 11.6. The third-order valence-corrected chi connectivity index (χ3v) is 3.36. The molecule has 4 heteroatoms. The maximum atomic E-state index is 12.0. The molecule has 0 aromatic carbocycles. The number of aromatic nitrogens is 1. The Morgan fingerprint density at radius 1 is 1.47 bits per heavy atom. The summed E-state index contributed by atoms with van der Waals surface area (Å²) in [5, 5.41) is 0.614. The Balaban J connectivity index is 2.97. The summed E-state index contributed by atoms with van der Waals surface area (Å²) in [6.45, 7) is 8.27. The maximum Gasteiger partial charge on any atom is 0.196 e. The van der Waals surface area contributed by atoms with E-state index in [9.17, 15) is 4.79 Å². The highest BCUT2D eigenvalue weighted by atomic mass is 32.1. The first kappa shape index (κ1) is 12.3. The molecule has 0 unspecified atom stereocenters. The minimum atomic E-state index is -0.357. The second-order valence-corrected chi connectivity index (χ2v) is 5.73.